The second-order valence-electron chi connectivity index (χ2n) is 6.63. The van der Waals surface area contributed by atoms with E-state index in [1.165, 1.54) is 30.2 Å². The molecular formula is C17H25N3. The summed E-state index contributed by atoms with van der Waals surface area (Å²) in [5.41, 5.74) is 1.59. The molecule has 1 fully saturated rings. The predicted molar refractivity (Wildman–Crippen MR) is 83.9 cm³/mol. The van der Waals surface area contributed by atoms with Crippen molar-refractivity contribution in [3.8, 4) is 0 Å². The largest absolute Gasteiger partial charge is 0.312 e. The average Bonchev–Trinajstić information content (AvgIpc) is 2.85. The van der Waals surface area contributed by atoms with E-state index in [1.807, 2.05) is 6.20 Å². The van der Waals surface area contributed by atoms with Crippen LogP contribution in [0.2, 0.25) is 0 Å². The summed E-state index contributed by atoms with van der Waals surface area (Å²) < 4.78 is 2.25. The molecule has 0 amide bonds. The summed E-state index contributed by atoms with van der Waals surface area (Å²) in [4.78, 5) is 0. The topological polar surface area (TPSA) is 29.9 Å². The quantitative estimate of drug-likeness (QED) is 0.921. The Morgan fingerprint density at radius 3 is 2.95 bits per heavy atom. The molecule has 0 bridgehead atoms. The van der Waals surface area contributed by atoms with Crippen LogP contribution in [0, 0.1) is 5.41 Å². The molecule has 0 aliphatic heterocycles. The van der Waals surface area contributed by atoms with E-state index in [0.29, 0.717) is 17.5 Å². The zero-order valence-electron chi connectivity index (χ0n) is 12.8. The van der Waals surface area contributed by atoms with Crippen molar-refractivity contribution in [1.29, 1.82) is 0 Å². The van der Waals surface area contributed by atoms with Crippen molar-refractivity contribution in [3.05, 3.63) is 30.5 Å². The van der Waals surface area contributed by atoms with Crippen LogP contribution < -0.4 is 5.32 Å². The van der Waals surface area contributed by atoms with Crippen molar-refractivity contribution in [1.82, 2.24) is 15.1 Å². The first kappa shape index (κ1) is 13.6. The van der Waals surface area contributed by atoms with Gasteiger partial charge in [0.2, 0.25) is 0 Å². The van der Waals surface area contributed by atoms with Crippen LogP contribution in [-0.4, -0.2) is 22.4 Å². The minimum atomic E-state index is 0.325. The van der Waals surface area contributed by atoms with E-state index >= 15 is 0 Å². The van der Waals surface area contributed by atoms with Gasteiger partial charge in [0, 0.05) is 11.4 Å². The molecule has 0 saturated heterocycles. The maximum atomic E-state index is 4.69. The molecule has 2 aromatic rings. The third-order valence-electron chi connectivity index (χ3n) is 4.79. The van der Waals surface area contributed by atoms with Gasteiger partial charge in [0.1, 0.15) is 0 Å². The minimum Gasteiger partial charge on any atom is -0.312 e. The fourth-order valence-corrected chi connectivity index (χ4v) is 3.76. The minimum absolute atomic E-state index is 0.325. The summed E-state index contributed by atoms with van der Waals surface area (Å²) in [5.74, 6) is 0. The predicted octanol–water partition coefficient (Wildman–Crippen LogP) is 3.77. The number of fused-ring (bicyclic) bond motifs is 1. The first-order valence-electron chi connectivity index (χ1n) is 7.79. The first-order chi connectivity index (χ1) is 9.63. The van der Waals surface area contributed by atoms with Crippen molar-refractivity contribution in [2.45, 2.75) is 52.1 Å². The fraction of sp³-hybridized carbons (Fsp3) is 0.588. The lowest BCUT2D eigenvalue weighted by molar-refractivity contribution is 0.110. The van der Waals surface area contributed by atoms with Crippen molar-refractivity contribution in [2.75, 3.05) is 6.54 Å². The van der Waals surface area contributed by atoms with Crippen LogP contribution in [0.15, 0.2) is 30.5 Å². The Kier molecular flexibility index (Phi) is 3.55. The molecule has 1 saturated carbocycles. The van der Waals surface area contributed by atoms with Gasteiger partial charge < -0.3 is 5.32 Å². The van der Waals surface area contributed by atoms with Gasteiger partial charge in [-0.1, -0.05) is 45.4 Å². The van der Waals surface area contributed by atoms with Gasteiger partial charge in [0.15, 0.2) is 0 Å². The van der Waals surface area contributed by atoms with E-state index < -0.39 is 0 Å². The van der Waals surface area contributed by atoms with Crippen LogP contribution in [0.25, 0.3) is 10.9 Å². The smallest absolute Gasteiger partial charge is 0.0686 e. The molecule has 3 heteroatoms. The molecule has 0 spiro atoms. The van der Waals surface area contributed by atoms with Crippen LogP contribution in [0.4, 0.5) is 0 Å². The van der Waals surface area contributed by atoms with Crippen molar-refractivity contribution in [2.24, 2.45) is 5.41 Å². The van der Waals surface area contributed by atoms with Gasteiger partial charge in [-0.3, -0.25) is 4.68 Å². The fourth-order valence-electron chi connectivity index (χ4n) is 3.76. The Morgan fingerprint density at radius 1 is 1.35 bits per heavy atom. The lowest BCUT2D eigenvalue weighted by Gasteiger charge is -2.44. The highest BCUT2D eigenvalue weighted by molar-refractivity contribution is 5.78. The normalized spacial score (nSPS) is 25.9. The molecule has 1 aromatic carbocycles. The Balaban J connectivity index is 2.02. The lowest BCUT2D eigenvalue weighted by Crippen LogP contribution is -2.50. The number of likely N-dealkylation sites (N-methyl/N-ethyl adjacent to an activating group) is 1. The molecule has 1 aliphatic rings. The summed E-state index contributed by atoms with van der Waals surface area (Å²) in [6.07, 6.45) is 5.79. The molecule has 108 valence electrons. The van der Waals surface area contributed by atoms with Crippen LogP contribution in [0.5, 0.6) is 0 Å². The first-order valence-corrected chi connectivity index (χ1v) is 7.79. The number of hydrogen-bond donors (Lipinski definition) is 1. The third-order valence-corrected chi connectivity index (χ3v) is 4.79. The maximum absolute atomic E-state index is 4.69. The molecule has 3 nitrogen and oxygen atoms in total. The SMILES string of the molecule is CCNC1C(n2ncc3ccccc32)CCCC1(C)C. The van der Waals surface area contributed by atoms with Gasteiger partial charge in [0.05, 0.1) is 17.8 Å². The monoisotopic (exact) mass is 271 g/mol. The highest BCUT2D eigenvalue weighted by atomic mass is 15.3. The summed E-state index contributed by atoms with van der Waals surface area (Å²) in [7, 11) is 0. The molecule has 2 unspecified atom stereocenters. The van der Waals surface area contributed by atoms with Gasteiger partial charge in [0.25, 0.3) is 0 Å². The Morgan fingerprint density at radius 2 is 2.15 bits per heavy atom. The van der Waals surface area contributed by atoms with E-state index in [9.17, 15) is 0 Å². The number of nitrogens with zero attached hydrogens (tertiary/aromatic N) is 2. The van der Waals surface area contributed by atoms with E-state index in [4.69, 9.17) is 5.10 Å². The summed E-state index contributed by atoms with van der Waals surface area (Å²) in [6, 6.07) is 9.47. The number of nitrogens with one attached hydrogen (secondary N) is 1. The zero-order chi connectivity index (χ0) is 14.2. The Labute approximate surface area is 121 Å². The van der Waals surface area contributed by atoms with Crippen molar-refractivity contribution in [3.63, 3.8) is 0 Å². The second-order valence-corrected chi connectivity index (χ2v) is 6.63. The number of aromatic nitrogens is 2. The van der Waals surface area contributed by atoms with Gasteiger partial charge in [-0.2, -0.15) is 5.10 Å². The van der Waals surface area contributed by atoms with Crippen LogP contribution in [-0.2, 0) is 0 Å². The van der Waals surface area contributed by atoms with Gasteiger partial charge in [-0.15, -0.1) is 0 Å². The number of para-hydroxylation sites is 1. The lowest BCUT2D eigenvalue weighted by atomic mass is 9.70. The molecule has 0 radical (unpaired) electrons. The van der Waals surface area contributed by atoms with E-state index in [0.717, 1.165) is 6.54 Å². The van der Waals surface area contributed by atoms with Crippen molar-refractivity contribution < 1.29 is 0 Å². The van der Waals surface area contributed by atoms with Gasteiger partial charge >= 0.3 is 0 Å². The Hall–Kier alpha value is -1.35. The number of hydrogen-bond acceptors (Lipinski definition) is 2. The van der Waals surface area contributed by atoms with Gasteiger partial charge in [-0.25, -0.2) is 0 Å². The molecular weight excluding hydrogens is 246 g/mol. The third kappa shape index (κ3) is 2.24. The van der Waals surface area contributed by atoms with E-state index in [1.54, 1.807) is 0 Å². The summed E-state index contributed by atoms with van der Waals surface area (Å²) in [6.45, 7) is 7.99. The molecule has 1 aliphatic carbocycles. The van der Waals surface area contributed by atoms with Crippen molar-refractivity contribution >= 4 is 10.9 Å². The molecule has 1 N–H and O–H groups in total. The van der Waals surface area contributed by atoms with Crippen LogP contribution in [0.3, 0.4) is 0 Å². The van der Waals surface area contributed by atoms with Gasteiger partial charge in [-0.05, 0) is 30.9 Å². The standard InChI is InChI=1S/C17H25N3/c1-4-18-16-15(10-7-11-17(16,2)3)20-14-9-6-5-8-13(14)12-19-20/h5-6,8-9,12,15-16,18H,4,7,10-11H2,1-3H3. The van der Waals surface area contributed by atoms with Crippen LogP contribution >= 0.6 is 0 Å². The number of rotatable bonds is 3. The molecule has 20 heavy (non-hydrogen) atoms. The highest BCUT2D eigenvalue weighted by Crippen LogP contribution is 2.41. The molecule has 1 aromatic heterocycles. The zero-order valence-corrected chi connectivity index (χ0v) is 12.8. The summed E-state index contributed by atoms with van der Waals surface area (Å²) >= 11 is 0. The second kappa shape index (κ2) is 5.21. The van der Waals surface area contributed by atoms with E-state index in [2.05, 4.69) is 55.0 Å². The molecule has 1 heterocycles. The number of benzene rings is 1. The Bertz CT molecular complexity index is 585. The van der Waals surface area contributed by atoms with Crippen LogP contribution in [0.1, 0.15) is 46.1 Å². The highest BCUT2D eigenvalue weighted by Gasteiger charge is 2.40. The average molecular weight is 271 g/mol. The molecule has 3 rings (SSSR count). The van der Waals surface area contributed by atoms with E-state index in [-0.39, 0.29) is 0 Å². The maximum Gasteiger partial charge on any atom is 0.0686 e. The molecule has 2 atom stereocenters. The summed E-state index contributed by atoms with van der Waals surface area (Å²) in [5, 5.41) is 9.65.